The first-order valence-electron chi connectivity index (χ1n) is 6.49. The Kier molecular flexibility index (Phi) is 2.18. The van der Waals surface area contributed by atoms with Gasteiger partial charge in [-0.2, -0.15) is 0 Å². The van der Waals surface area contributed by atoms with Gasteiger partial charge in [0.15, 0.2) is 0 Å². The van der Waals surface area contributed by atoms with E-state index in [1.54, 1.807) is 0 Å². The number of benzene rings is 1. The van der Waals surface area contributed by atoms with Crippen molar-refractivity contribution in [1.29, 1.82) is 0 Å². The zero-order valence-corrected chi connectivity index (χ0v) is 10.7. The van der Waals surface area contributed by atoms with Crippen molar-refractivity contribution < 1.29 is 0 Å². The van der Waals surface area contributed by atoms with Crippen molar-refractivity contribution in [3.8, 4) is 0 Å². The molecule has 1 nitrogen and oxygen atoms in total. The van der Waals surface area contributed by atoms with Crippen molar-refractivity contribution in [3.05, 3.63) is 45.9 Å². The summed E-state index contributed by atoms with van der Waals surface area (Å²) in [6.45, 7) is 0. The third kappa shape index (κ3) is 1.47. The Bertz CT molecular complexity index is 766. The summed E-state index contributed by atoms with van der Waals surface area (Å²) in [7, 11) is 0. The Hall–Kier alpha value is -1.47. The maximum atomic E-state index is 6.10. The molecule has 0 spiro atoms. The number of nitrogens with one attached hydrogen (secondary N) is 1. The van der Waals surface area contributed by atoms with Crippen molar-refractivity contribution in [2.45, 2.75) is 12.8 Å². The van der Waals surface area contributed by atoms with Crippen LogP contribution in [0.5, 0.6) is 0 Å². The van der Waals surface area contributed by atoms with Crippen LogP contribution in [-0.2, 0) is 0 Å². The lowest BCUT2D eigenvalue weighted by molar-refractivity contribution is 0.535. The van der Waals surface area contributed by atoms with Crippen LogP contribution in [0.2, 0.25) is 5.02 Å². The number of fused-ring (bicyclic) bond motifs is 4. The van der Waals surface area contributed by atoms with Crippen LogP contribution in [0.4, 0.5) is 0 Å². The van der Waals surface area contributed by atoms with Gasteiger partial charge in [-0.05, 0) is 37.0 Å². The molecule has 90 valence electrons. The van der Waals surface area contributed by atoms with E-state index in [2.05, 4.69) is 41.4 Å². The fourth-order valence-electron chi connectivity index (χ4n) is 3.17. The fourth-order valence-corrected chi connectivity index (χ4v) is 3.35. The maximum Gasteiger partial charge on any atom is 0.0465 e. The zero-order valence-electron chi connectivity index (χ0n) is 9.99. The van der Waals surface area contributed by atoms with Gasteiger partial charge in [-0.1, -0.05) is 35.9 Å². The number of aromatic amines is 1. The monoisotopic (exact) mass is 255 g/mol. The van der Waals surface area contributed by atoms with Gasteiger partial charge in [0.05, 0.1) is 0 Å². The minimum absolute atomic E-state index is 0.559. The minimum Gasteiger partial charge on any atom is -0.355 e. The number of rotatable bonds is 0. The summed E-state index contributed by atoms with van der Waals surface area (Å²) >= 11 is 6.10. The molecule has 1 heterocycles. The number of halogens is 1. The summed E-state index contributed by atoms with van der Waals surface area (Å²) in [5.41, 5.74) is 1.18. The topological polar surface area (TPSA) is 15.8 Å². The summed E-state index contributed by atoms with van der Waals surface area (Å²) in [6, 6.07) is 6.07. The largest absolute Gasteiger partial charge is 0.355 e. The summed E-state index contributed by atoms with van der Waals surface area (Å²) in [6.07, 6.45) is 11.9. The third-order valence-electron chi connectivity index (χ3n) is 4.09. The molecule has 0 bridgehead atoms. The Morgan fingerprint density at radius 1 is 1.22 bits per heavy atom. The second-order valence-corrected chi connectivity index (χ2v) is 5.66. The highest BCUT2D eigenvalue weighted by Crippen LogP contribution is 2.28. The number of allylic oxidation sites excluding steroid dienone is 2. The second kappa shape index (κ2) is 3.76. The number of aromatic nitrogens is 1. The molecule has 0 amide bonds. The van der Waals surface area contributed by atoms with Crippen LogP contribution in [0, 0.1) is 11.8 Å². The number of hydrogen-bond acceptors (Lipinski definition) is 0. The molecule has 2 heteroatoms. The summed E-state index contributed by atoms with van der Waals surface area (Å²) in [5, 5.41) is 4.63. The number of H-pyrrole nitrogens is 1. The van der Waals surface area contributed by atoms with Gasteiger partial charge in [-0.25, -0.2) is 0 Å². The van der Waals surface area contributed by atoms with Crippen LogP contribution in [0.15, 0.2) is 30.4 Å². The smallest absolute Gasteiger partial charge is 0.0465 e. The Morgan fingerprint density at radius 3 is 3.11 bits per heavy atom. The van der Waals surface area contributed by atoms with E-state index in [1.165, 1.54) is 34.3 Å². The maximum absolute atomic E-state index is 6.10. The van der Waals surface area contributed by atoms with Crippen molar-refractivity contribution in [3.63, 3.8) is 0 Å². The molecule has 0 saturated carbocycles. The van der Waals surface area contributed by atoms with Crippen molar-refractivity contribution >= 4 is 34.7 Å². The van der Waals surface area contributed by atoms with Crippen LogP contribution >= 0.6 is 11.6 Å². The molecule has 2 aliphatic rings. The van der Waals surface area contributed by atoms with Gasteiger partial charge in [-0.15, -0.1) is 0 Å². The van der Waals surface area contributed by atoms with Crippen LogP contribution < -0.4 is 10.6 Å². The molecule has 18 heavy (non-hydrogen) atoms. The van der Waals surface area contributed by atoms with Crippen LogP contribution in [0.3, 0.4) is 0 Å². The van der Waals surface area contributed by atoms with Crippen LogP contribution in [-0.4, -0.2) is 4.98 Å². The first kappa shape index (κ1) is 10.5. The average molecular weight is 256 g/mol. The lowest BCUT2D eigenvalue weighted by atomic mass is 9.81. The second-order valence-electron chi connectivity index (χ2n) is 5.22. The Labute approximate surface area is 110 Å². The fraction of sp³-hybridized carbons (Fsp3) is 0.250. The van der Waals surface area contributed by atoms with Crippen LogP contribution in [0.1, 0.15) is 12.8 Å². The lowest BCUT2D eigenvalue weighted by Crippen LogP contribution is -2.32. The summed E-state index contributed by atoms with van der Waals surface area (Å²) in [4.78, 5) is 3.51. The molecule has 2 atom stereocenters. The first-order chi connectivity index (χ1) is 8.81. The zero-order chi connectivity index (χ0) is 12.1. The van der Waals surface area contributed by atoms with E-state index >= 15 is 0 Å². The van der Waals surface area contributed by atoms with E-state index in [9.17, 15) is 0 Å². The third-order valence-corrected chi connectivity index (χ3v) is 4.33. The molecular weight excluding hydrogens is 242 g/mol. The van der Waals surface area contributed by atoms with E-state index in [1.807, 2.05) is 6.07 Å². The van der Waals surface area contributed by atoms with Crippen molar-refractivity contribution in [1.82, 2.24) is 4.98 Å². The van der Waals surface area contributed by atoms with E-state index in [-0.39, 0.29) is 0 Å². The highest BCUT2D eigenvalue weighted by molar-refractivity contribution is 6.31. The molecule has 2 aromatic rings. The van der Waals surface area contributed by atoms with Gasteiger partial charge in [0.2, 0.25) is 0 Å². The lowest BCUT2D eigenvalue weighted by Gasteiger charge is -2.24. The predicted octanol–water partition coefficient (Wildman–Crippen LogP) is 2.98. The van der Waals surface area contributed by atoms with Crippen LogP contribution in [0.25, 0.3) is 23.1 Å². The molecule has 0 saturated heterocycles. The standard InChI is InChI=1S/C16H14ClN/c17-12-5-6-15-14(9-12)13-7-10-3-1-2-4-11(10)8-16(13)18-15/h1,3,5-11,18H,2,4H2. The molecule has 1 aromatic carbocycles. The minimum atomic E-state index is 0.559. The van der Waals surface area contributed by atoms with E-state index in [4.69, 9.17) is 11.6 Å². The van der Waals surface area contributed by atoms with Gasteiger partial charge >= 0.3 is 0 Å². The Morgan fingerprint density at radius 2 is 2.17 bits per heavy atom. The molecule has 2 unspecified atom stereocenters. The molecule has 1 N–H and O–H groups in total. The van der Waals surface area contributed by atoms with Gasteiger partial charge in [0, 0.05) is 32.4 Å². The molecule has 0 aliphatic heterocycles. The Balaban J connectivity index is 2.07. The normalized spacial score (nSPS) is 25.2. The predicted molar refractivity (Wildman–Crippen MR) is 76.8 cm³/mol. The highest BCUT2D eigenvalue weighted by atomic mass is 35.5. The van der Waals surface area contributed by atoms with Gasteiger partial charge in [-0.3, -0.25) is 0 Å². The van der Waals surface area contributed by atoms with Gasteiger partial charge in [0.1, 0.15) is 0 Å². The van der Waals surface area contributed by atoms with Crippen molar-refractivity contribution in [2.24, 2.45) is 11.8 Å². The molecule has 2 aliphatic carbocycles. The summed E-state index contributed by atoms with van der Waals surface area (Å²) in [5.74, 6) is 1.22. The number of hydrogen-bond donors (Lipinski definition) is 1. The summed E-state index contributed by atoms with van der Waals surface area (Å²) < 4.78 is 0. The molecular formula is C16H14ClN. The SMILES string of the molecule is Clc1ccc2[nH]c3c(c2c1)=CC1C=CCCC1C=3. The van der Waals surface area contributed by atoms with Gasteiger partial charge < -0.3 is 4.98 Å². The van der Waals surface area contributed by atoms with E-state index in [0.29, 0.717) is 11.8 Å². The first-order valence-corrected chi connectivity index (χ1v) is 6.87. The van der Waals surface area contributed by atoms with Crippen molar-refractivity contribution in [2.75, 3.05) is 0 Å². The molecule has 4 rings (SSSR count). The van der Waals surface area contributed by atoms with E-state index < -0.39 is 0 Å². The molecule has 1 aromatic heterocycles. The molecule has 0 radical (unpaired) electrons. The highest BCUT2D eigenvalue weighted by Gasteiger charge is 2.21. The quantitative estimate of drug-likeness (QED) is 0.697. The van der Waals surface area contributed by atoms with E-state index in [0.717, 1.165) is 5.02 Å². The average Bonchev–Trinajstić information content (AvgIpc) is 2.73. The molecule has 0 fully saturated rings. The van der Waals surface area contributed by atoms with Gasteiger partial charge in [0.25, 0.3) is 0 Å².